The van der Waals surface area contributed by atoms with E-state index in [2.05, 4.69) is 0 Å². The molecular formula is C9H11ClO2. The number of hydrogen-bond donors (Lipinski definition) is 1. The number of carboxylic acid groups (broad SMARTS) is 1. The van der Waals surface area contributed by atoms with Gasteiger partial charge in [-0.15, -0.1) is 0 Å². The lowest BCUT2D eigenvalue weighted by Gasteiger charge is -2.21. The van der Waals surface area contributed by atoms with Gasteiger partial charge in [0.15, 0.2) is 0 Å². The SMILES string of the molecule is O=C(O)C1(C/C=C/Cl)CC=CC1. The van der Waals surface area contributed by atoms with Crippen LogP contribution < -0.4 is 0 Å². The minimum atomic E-state index is -0.734. The first-order chi connectivity index (χ1) is 5.71. The summed E-state index contributed by atoms with van der Waals surface area (Å²) >= 11 is 5.35. The number of halogens is 1. The molecule has 1 aliphatic rings. The molecule has 12 heavy (non-hydrogen) atoms. The molecule has 2 nitrogen and oxygen atoms in total. The Kier molecular flexibility index (Phi) is 2.93. The summed E-state index contributed by atoms with van der Waals surface area (Å²) in [4.78, 5) is 10.9. The van der Waals surface area contributed by atoms with E-state index in [0.717, 1.165) is 0 Å². The first-order valence-electron chi connectivity index (χ1n) is 3.85. The fourth-order valence-electron chi connectivity index (χ4n) is 1.40. The molecule has 0 atom stereocenters. The van der Waals surface area contributed by atoms with E-state index >= 15 is 0 Å². The van der Waals surface area contributed by atoms with Crippen LogP contribution in [0.1, 0.15) is 19.3 Å². The van der Waals surface area contributed by atoms with Gasteiger partial charge in [0, 0.05) is 5.54 Å². The van der Waals surface area contributed by atoms with E-state index in [9.17, 15) is 4.79 Å². The van der Waals surface area contributed by atoms with E-state index in [1.165, 1.54) is 5.54 Å². The summed E-state index contributed by atoms with van der Waals surface area (Å²) in [5, 5.41) is 8.97. The molecule has 0 saturated carbocycles. The van der Waals surface area contributed by atoms with E-state index in [-0.39, 0.29) is 0 Å². The fraction of sp³-hybridized carbons (Fsp3) is 0.444. The van der Waals surface area contributed by atoms with Crippen molar-refractivity contribution in [3.8, 4) is 0 Å². The number of hydrogen-bond acceptors (Lipinski definition) is 1. The third kappa shape index (κ3) is 1.69. The van der Waals surface area contributed by atoms with E-state index in [1.807, 2.05) is 12.2 Å². The van der Waals surface area contributed by atoms with Gasteiger partial charge in [0.1, 0.15) is 0 Å². The van der Waals surface area contributed by atoms with Gasteiger partial charge >= 0.3 is 5.97 Å². The number of rotatable bonds is 3. The topological polar surface area (TPSA) is 37.3 Å². The van der Waals surface area contributed by atoms with Crippen LogP contribution >= 0.6 is 11.6 Å². The molecule has 0 amide bonds. The molecule has 1 aliphatic carbocycles. The van der Waals surface area contributed by atoms with Gasteiger partial charge in [0.2, 0.25) is 0 Å². The zero-order valence-electron chi connectivity index (χ0n) is 6.66. The second kappa shape index (κ2) is 3.76. The van der Waals surface area contributed by atoms with Crippen LogP contribution in [0.5, 0.6) is 0 Å². The van der Waals surface area contributed by atoms with Crippen LogP contribution in [0.4, 0.5) is 0 Å². The number of carbonyl (C=O) groups is 1. The monoisotopic (exact) mass is 186 g/mol. The molecule has 0 bridgehead atoms. The quantitative estimate of drug-likeness (QED) is 0.688. The molecule has 1 rings (SSSR count). The number of aliphatic carboxylic acids is 1. The molecule has 0 spiro atoms. The smallest absolute Gasteiger partial charge is 0.310 e. The molecule has 0 fully saturated rings. The Balaban J connectivity index is 2.67. The summed E-state index contributed by atoms with van der Waals surface area (Å²) < 4.78 is 0. The Morgan fingerprint density at radius 2 is 2.17 bits per heavy atom. The molecule has 0 aromatic carbocycles. The third-order valence-corrected chi connectivity index (χ3v) is 2.41. The van der Waals surface area contributed by atoms with Crippen LogP contribution in [0.15, 0.2) is 23.8 Å². The van der Waals surface area contributed by atoms with Crippen LogP contribution in [-0.4, -0.2) is 11.1 Å². The maximum atomic E-state index is 10.9. The summed E-state index contributed by atoms with van der Waals surface area (Å²) in [6.07, 6.45) is 7.26. The van der Waals surface area contributed by atoms with Gasteiger partial charge in [-0.1, -0.05) is 29.8 Å². The second-order valence-corrected chi connectivity index (χ2v) is 3.28. The second-order valence-electron chi connectivity index (χ2n) is 3.03. The van der Waals surface area contributed by atoms with Crippen molar-refractivity contribution in [3.05, 3.63) is 23.8 Å². The highest BCUT2D eigenvalue weighted by Crippen LogP contribution is 2.37. The molecule has 3 heteroatoms. The van der Waals surface area contributed by atoms with Crippen molar-refractivity contribution in [2.24, 2.45) is 5.41 Å². The fourth-order valence-corrected chi connectivity index (χ4v) is 1.49. The van der Waals surface area contributed by atoms with Gasteiger partial charge < -0.3 is 5.11 Å². The Morgan fingerprint density at radius 1 is 1.58 bits per heavy atom. The molecule has 0 radical (unpaired) electrons. The van der Waals surface area contributed by atoms with Gasteiger partial charge in [0.05, 0.1) is 5.41 Å². The van der Waals surface area contributed by atoms with Crippen molar-refractivity contribution < 1.29 is 9.90 Å². The van der Waals surface area contributed by atoms with Gasteiger partial charge in [-0.05, 0) is 19.3 Å². The van der Waals surface area contributed by atoms with Crippen molar-refractivity contribution in [1.82, 2.24) is 0 Å². The maximum Gasteiger partial charge on any atom is 0.310 e. The van der Waals surface area contributed by atoms with E-state index in [0.29, 0.717) is 19.3 Å². The maximum absolute atomic E-state index is 10.9. The molecule has 0 aliphatic heterocycles. The number of carboxylic acids is 1. The standard InChI is InChI=1S/C9H11ClO2/c10-7-3-6-9(8(11)12)4-1-2-5-9/h1-3,7H,4-6H2,(H,11,12)/b7-3+. The Hall–Kier alpha value is -0.760. The van der Waals surface area contributed by atoms with Crippen LogP contribution in [-0.2, 0) is 4.79 Å². The highest BCUT2D eigenvalue weighted by Gasteiger charge is 2.37. The summed E-state index contributed by atoms with van der Waals surface area (Å²) in [7, 11) is 0. The Morgan fingerprint density at radius 3 is 2.58 bits per heavy atom. The Labute approximate surface area is 76.5 Å². The molecular weight excluding hydrogens is 176 g/mol. The average Bonchev–Trinajstić information content (AvgIpc) is 2.50. The highest BCUT2D eigenvalue weighted by atomic mass is 35.5. The molecule has 0 aromatic rings. The molecule has 0 heterocycles. The van der Waals surface area contributed by atoms with Crippen LogP contribution in [0.2, 0.25) is 0 Å². The van der Waals surface area contributed by atoms with Crippen molar-refractivity contribution in [1.29, 1.82) is 0 Å². The molecule has 0 saturated heterocycles. The minimum absolute atomic E-state index is 0.513. The van der Waals surface area contributed by atoms with Gasteiger partial charge in [-0.2, -0.15) is 0 Å². The first kappa shape index (κ1) is 9.33. The average molecular weight is 187 g/mol. The van der Waals surface area contributed by atoms with Crippen molar-refractivity contribution in [2.45, 2.75) is 19.3 Å². The Bertz CT molecular complexity index is 223. The highest BCUT2D eigenvalue weighted by molar-refractivity contribution is 6.25. The summed E-state index contributed by atoms with van der Waals surface area (Å²) in [5.74, 6) is -0.734. The summed E-state index contributed by atoms with van der Waals surface area (Å²) in [6, 6.07) is 0. The molecule has 1 N–H and O–H groups in total. The summed E-state index contributed by atoms with van der Waals surface area (Å²) in [5.41, 5.74) is 0.758. The predicted molar refractivity (Wildman–Crippen MR) is 48.1 cm³/mol. The van der Waals surface area contributed by atoms with Gasteiger partial charge in [-0.25, -0.2) is 0 Å². The largest absolute Gasteiger partial charge is 0.481 e. The van der Waals surface area contributed by atoms with E-state index < -0.39 is 11.4 Å². The van der Waals surface area contributed by atoms with E-state index in [4.69, 9.17) is 16.7 Å². The normalized spacial score (nSPS) is 20.4. The lowest BCUT2D eigenvalue weighted by Crippen LogP contribution is -2.27. The number of allylic oxidation sites excluding steroid dienone is 3. The van der Waals surface area contributed by atoms with Crippen LogP contribution in [0.3, 0.4) is 0 Å². The van der Waals surface area contributed by atoms with Gasteiger partial charge in [0.25, 0.3) is 0 Å². The van der Waals surface area contributed by atoms with Crippen molar-refractivity contribution in [2.75, 3.05) is 0 Å². The summed E-state index contributed by atoms with van der Waals surface area (Å²) in [6.45, 7) is 0. The molecule has 66 valence electrons. The molecule has 0 aromatic heterocycles. The molecule has 0 unspecified atom stereocenters. The predicted octanol–water partition coefficient (Wildman–Crippen LogP) is 2.55. The van der Waals surface area contributed by atoms with E-state index in [1.54, 1.807) is 6.08 Å². The third-order valence-electron chi connectivity index (χ3n) is 2.24. The van der Waals surface area contributed by atoms with Crippen LogP contribution in [0.25, 0.3) is 0 Å². The lowest BCUT2D eigenvalue weighted by molar-refractivity contribution is -0.148. The minimum Gasteiger partial charge on any atom is -0.481 e. The zero-order chi connectivity index (χ0) is 9.03. The van der Waals surface area contributed by atoms with Crippen molar-refractivity contribution >= 4 is 17.6 Å². The van der Waals surface area contributed by atoms with Gasteiger partial charge in [-0.3, -0.25) is 4.79 Å². The lowest BCUT2D eigenvalue weighted by atomic mass is 9.82. The first-order valence-corrected chi connectivity index (χ1v) is 4.28. The van der Waals surface area contributed by atoms with Crippen molar-refractivity contribution in [3.63, 3.8) is 0 Å². The zero-order valence-corrected chi connectivity index (χ0v) is 7.42. The van der Waals surface area contributed by atoms with Crippen LogP contribution in [0, 0.1) is 5.41 Å².